The van der Waals surface area contributed by atoms with Crippen molar-refractivity contribution in [2.24, 2.45) is 11.5 Å². The molecule has 5 N–H and O–H groups in total. The number of carbonyl (C=O) groups excluding carboxylic acids is 2. The molecule has 0 bridgehead atoms. The number of benzene rings is 1. The van der Waals surface area contributed by atoms with Gasteiger partial charge in [-0.1, -0.05) is 0 Å². The van der Waals surface area contributed by atoms with Crippen molar-refractivity contribution < 1.29 is 14.7 Å². The molecule has 0 aliphatic carbocycles. The number of rotatable bonds is 2. The minimum Gasteiger partial charge on any atom is -0.507 e. The number of carbonyl (C=O) groups is 2. The molecule has 1 aromatic rings. The summed E-state index contributed by atoms with van der Waals surface area (Å²) in [5, 5.41) is 9.32. The van der Waals surface area contributed by atoms with Crippen LogP contribution in [0.15, 0.2) is 12.1 Å². The molecule has 2 amide bonds. The zero-order chi connectivity index (χ0) is 10.9. The average molecular weight is 194 g/mol. The van der Waals surface area contributed by atoms with Crippen LogP contribution in [0.4, 0.5) is 0 Å². The van der Waals surface area contributed by atoms with Crippen LogP contribution in [0, 0.1) is 6.92 Å². The zero-order valence-corrected chi connectivity index (χ0v) is 7.57. The summed E-state index contributed by atoms with van der Waals surface area (Å²) in [6.07, 6.45) is 0. The fraction of sp³-hybridized carbons (Fsp3) is 0.111. The summed E-state index contributed by atoms with van der Waals surface area (Å²) < 4.78 is 0. The van der Waals surface area contributed by atoms with Crippen molar-refractivity contribution in [2.45, 2.75) is 6.92 Å². The first-order valence-electron chi connectivity index (χ1n) is 3.87. The van der Waals surface area contributed by atoms with E-state index >= 15 is 0 Å². The maximum Gasteiger partial charge on any atom is 0.252 e. The number of aromatic hydroxyl groups is 1. The van der Waals surface area contributed by atoms with E-state index in [4.69, 9.17) is 11.5 Å². The lowest BCUT2D eigenvalue weighted by Gasteiger charge is -2.07. The van der Waals surface area contributed by atoms with Gasteiger partial charge in [-0.25, -0.2) is 0 Å². The molecular formula is C9H10N2O3. The lowest BCUT2D eigenvalue weighted by Crippen LogP contribution is -2.18. The Morgan fingerprint density at radius 1 is 1.21 bits per heavy atom. The van der Waals surface area contributed by atoms with E-state index in [1.165, 1.54) is 19.1 Å². The summed E-state index contributed by atoms with van der Waals surface area (Å²) >= 11 is 0. The van der Waals surface area contributed by atoms with Gasteiger partial charge in [0.15, 0.2) is 0 Å². The minimum atomic E-state index is -0.789. The molecule has 0 heterocycles. The van der Waals surface area contributed by atoms with Crippen LogP contribution in [0.1, 0.15) is 26.3 Å². The van der Waals surface area contributed by atoms with Crippen molar-refractivity contribution in [2.75, 3.05) is 0 Å². The number of hydrogen-bond acceptors (Lipinski definition) is 3. The van der Waals surface area contributed by atoms with Crippen molar-refractivity contribution in [3.8, 4) is 5.75 Å². The molecule has 0 aliphatic rings. The van der Waals surface area contributed by atoms with E-state index in [2.05, 4.69) is 0 Å². The zero-order valence-electron chi connectivity index (χ0n) is 7.57. The normalized spacial score (nSPS) is 9.79. The van der Waals surface area contributed by atoms with E-state index in [0.717, 1.165) is 0 Å². The SMILES string of the molecule is Cc1c(C(N)=O)ccc(O)c1C(N)=O. The van der Waals surface area contributed by atoms with E-state index in [1.807, 2.05) is 0 Å². The van der Waals surface area contributed by atoms with Gasteiger partial charge in [-0.3, -0.25) is 9.59 Å². The molecule has 14 heavy (non-hydrogen) atoms. The fourth-order valence-electron chi connectivity index (χ4n) is 1.28. The molecule has 0 saturated carbocycles. The Morgan fingerprint density at radius 3 is 2.21 bits per heavy atom. The Morgan fingerprint density at radius 2 is 1.79 bits per heavy atom. The monoisotopic (exact) mass is 194 g/mol. The molecule has 0 saturated heterocycles. The molecule has 0 unspecified atom stereocenters. The number of phenols is 1. The summed E-state index contributed by atoms with van der Waals surface area (Å²) in [4.78, 5) is 21.8. The first-order chi connectivity index (χ1) is 6.45. The Balaban J connectivity index is 3.49. The molecule has 1 rings (SSSR count). The third-order valence-corrected chi connectivity index (χ3v) is 1.95. The quantitative estimate of drug-likeness (QED) is 0.611. The second-order valence-corrected chi connectivity index (χ2v) is 2.86. The van der Waals surface area contributed by atoms with Crippen LogP contribution in [0.3, 0.4) is 0 Å². The molecule has 0 spiro atoms. The summed E-state index contributed by atoms with van der Waals surface area (Å²) in [7, 11) is 0. The molecule has 0 radical (unpaired) electrons. The summed E-state index contributed by atoms with van der Waals surface area (Å²) in [6, 6.07) is 2.56. The Hall–Kier alpha value is -2.04. The fourth-order valence-corrected chi connectivity index (χ4v) is 1.28. The van der Waals surface area contributed by atoms with E-state index in [1.54, 1.807) is 0 Å². The topological polar surface area (TPSA) is 106 Å². The summed E-state index contributed by atoms with van der Waals surface area (Å²) in [5.74, 6) is -1.70. The van der Waals surface area contributed by atoms with Gasteiger partial charge in [-0.15, -0.1) is 0 Å². The molecular weight excluding hydrogens is 184 g/mol. The van der Waals surface area contributed by atoms with Crippen molar-refractivity contribution >= 4 is 11.8 Å². The van der Waals surface area contributed by atoms with Gasteiger partial charge in [-0.2, -0.15) is 0 Å². The predicted molar refractivity (Wildman–Crippen MR) is 49.9 cm³/mol. The molecule has 5 nitrogen and oxygen atoms in total. The van der Waals surface area contributed by atoms with Gasteiger partial charge in [0.1, 0.15) is 5.75 Å². The van der Waals surface area contributed by atoms with Crippen LogP contribution in [-0.4, -0.2) is 16.9 Å². The second-order valence-electron chi connectivity index (χ2n) is 2.86. The number of primary amides is 2. The van der Waals surface area contributed by atoms with E-state index in [9.17, 15) is 14.7 Å². The summed E-state index contributed by atoms with van der Waals surface area (Å²) in [6.45, 7) is 1.50. The lowest BCUT2D eigenvalue weighted by atomic mass is 10.0. The Bertz CT molecular complexity index is 413. The smallest absolute Gasteiger partial charge is 0.252 e. The standard InChI is InChI=1S/C9H10N2O3/c1-4-5(8(10)13)2-3-6(12)7(4)9(11)14/h2-3,12H,1H3,(H2,10,13)(H2,11,14). The molecule has 74 valence electrons. The molecule has 5 heteroatoms. The Labute approximate surface area is 80.3 Å². The second kappa shape index (κ2) is 3.37. The highest BCUT2D eigenvalue weighted by atomic mass is 16.3. The van der Waals surface area contributed by atoms with Crippen molar-refractivity contribution in [1.29, 1.82) is 0 Å². The largest absolute Gasteiger partial charge is 0.507 e. The van der Waals surface area contributed by atoms with Gasteiger partial charge in [0.05, 0.1) is 5.56 Å². The predicted octanol–water partition coefficient (Wildman–Crippen LogP) is -0.102. The van der Waals surface area contributed by atoms with E-state index < -0.39 is 11.8 Å². The third kappa shape index (κ3) is 1.52. The first kappa shape index (κ1) is 10.0. The van der Waals surface area contributed by atoms with E-state index in [-0.39, 0.29) is 16.9 Å². The molecule has 0 aliphatic heterocycles. The molecule has 0 fully saturated rings. The highest BCUT2D eigenvalue weighted by molar-refractivity contribution is 6.02. The highest BCUT2D eigenvalue weighted by Crippen LogP contribution is 2.23. The molecule has 1 aromatic carbocycles. The van der Waals surface area contributed by atoms with Gasteiger partial charge in [0.25, 0.3) is 5.91 Å². The van der Waals surface area contributed by atoms with Crippen LogP contribution in [-0.2, 0) is 0 Å². The van der Waals surface area contributed by atoms with Gasteiger partial charge in [0.2, 0.25) is 5.91 Å². The minimum absolute atomic E-state index is 0.0682. The first-order valence-corrected chi connectivity index (χ1v) is 3.87. The maximum absolute atomic E-state index is 10.9. The summed E-state index contributed by atoms with van der Waals surface area (Å²) in [5.41, 5.74) is 10.5. The third-order valence-electron chi connectivity index (χ3n) is 1.95. The van der Waals surface area contributed by atoms with Crippen LogP contribution < -0.4 is 11.5 Å². The Kier molecular flexibility index (Phi) is 2.42. The van der Waals surface area contributed by atoms with Gasteiger partial charge < -0.3 is 16.6 Å². The van der Waals surface area contributed by atoms with Crippen LogP contribution in [0.5, 0.6) is 5.75 Å². The number of amides is 2. The average Bonchev–Trinajstić information content (AvgIpc) is 2.02. The van der Waals surface area contributed by atoms with Crippen LogP contribution >= 0.6 is 0 Å². The van der Waals surface area contributed by atoms with Crippen molar-refractivity contribution in [3.05, 3.63) is 28.8 Å². The van der Waals surface area contributed by atoms with Crippen molar-refractivity contribution in [3.63, 3.8) is 0 Å². The van der Waals surface area contributed by atoms with Crippen molar-refractivity contribution in [1.82, 2.24) is 0 Å². The number of nitrogens with two attached hydrogens (primary N) is 2. The lowest BCUT2D eigenvalue weighted by molar-refractivity contribution is 0.0997. The molecule has 0 atom stereocenters. The van der Waals surface area contributed by atoms with Gasteiger partial charge in [-0.05, 0) is 24.6 Å². The highest BCUT2D eigenvalue weighted by Gasteiger charge is 2.16. The maximum atomic E-state index is 10.9. The van der Waals surface area contributed by atoms with Gasteiger partial charge >= 0.3 is 0 Å². The van der Waals surface area contributed by atoms with Gasteiger partial charge in [0, 0.05) is 5.56 Å². The van der Waals surface area contributed by atoms with E-state index in [0.29, 0.717) is 5.56 Å². The number of hydrogen-bond donors (Lipinski definition) is 3. The molecule has 0 aromatic heterocycles. The van der Waals surface area contributed by atoms with Crippen LogP contribution in [0.2, 0.25) is 0 Å². The van der Waals surface area contributed by atoms with Crippen LogP contribution in [0.25, 0.3) is 0 Å².